The van der Waals surface area contributed by atoms with Crippen molar-refractivity contribution in [3.63, 3.8) is 0 Å². The van der Waals surface area contributed by atoms with Gasteiger partial charge in [-0.1, -0.05) is 6.42 Å². The third kappa shape index (κ3) is 4.50. The Balaban J connectivity index is 1.26. The fourth-order valence-electron chi connectivity index (χ4n) is 7.90. The molecule has 1 amide bonds. The standard InChI is InChI=1S/C26H42N4O2/c1-18(2)30-24(12-22(28-30)16-29-7-4-3-5-23(29)6-8-31)25(32)27-17-26-13-19-9-20(14-26)11-21(10-19)15-26/h12,18-21,23,31H,3-11,13-17H2,1-2H3,(H,27,32). The molecule has 5 fully saturated rings. The minimum absolute atomic E-state index is 0.0405. The Morgan fingerprint density at radius 1 is 1.19 bits per heavy atom. The molecule has 4 saturated carbocycles. The summed E-state index contributed by atoms with van der Waals surface area (Å²) in [5, 5.41) is 17.6. The highest BCUT2D eigenvalue weighted by atomic mass is 16.3. The second-order valence-electron chi connectivity index (χ2n) is 11.8. The zero-order chi connectivity index (χ0) is 22.3. The second-order valence-corrected chi connectivity index (χ2v) is 11.8. The highest BCUT2D eigenvalue weighted by molar-refractivity contribution is 5.92. The lowest BCUT2D eigenvalue weighted by atomic mass is 9.49. The van der Waals surface area contributed by atoms with Gasteiger partial charge < -0.3 is 10.4 Å². The van der Waals surface area contributed by atoms with Crippen molar-refractivity contribution in [2.24, 2.45) is 23.2 Å². The van der Waals surface area contributed by atoms with Gasteiger partial charge in [0.2, 0.25) is 0 Å². The quantitative estimate of drug-likeness (QED) is 0.635. The van der Waals surface area contributed by atoms with Gasteiger partial charge in [-0.15, -0.1) is 0 Å². The number of carbonyl (C=O) groups is 1. The van der Waals surface area contributed by atoms with Gasteiger partial charge in [0.15, 0.2) is 0 Å². The second kappa shape index (κ2) is 9.09. The van der Waals surface area contributed by atoms with Crippen molar-refractivity contribution in [1.82, 2.24) is 20.0 Å². The number of piperidine rings is 1. The van der Waals surface area contributed by atoms with Gasteiger partial charge in [0.25, 0.3) is 5.91 Å². The number of aromatic nitrogens is 2. The van der Waals surface area contributed by atoms with Crippen LogP contribution in [0, 0.1) is 23.2 Å². The van der Waals surface area contributed by atoms with Crippen molar-refractivity contribution >= 4 is 5.91 Å². The summed E-state index contributed by atoms with van der Waals surface area (Å²) in [6, 6.07) is 2.59. The summed E-state index contributed by atoms with van der Waals surface area (Å²) in [7, 11) is 0. The number of hydrogen-bond acceptors (Lipinski definition) is 4. The van der Waals surface area contributed by atoms with Crippen molar-refractivity contribution < 1.29 is 9.90 Å². The van der Waals surface area contributed by atoms with Gasteiger partial charge in [-0.2, -0.15) is 5.10 Å². The van der Waals surface area contributed by atoms with Crippen LogP contribution in [0.5, 0.6) is 0 Å². The molecule has 1 aromatic rings. The van der Waals surface area contributed by atoms with E-state index in [-0.39, 0.29) is 18.6 Å². The summed E-state index contributed by atoms with van der Waals surface area (Å²) in [5.74, 6) is 2.76. The average molecular weight is 443 g/mol. The summed E-state index contributed by atoms with van der Waals surface area (Å²) in [6.07, 6.45) is 12.6. The molecule has 0 aromatic carbocycles. The Hall–Kier alpha value is -1.40. The van der Waals surface area contributed by atoms with Crippen molar-refractivity contribution in [1.29, 1.82) is 0 Å². The molecule has 5 aliphatic rings. The molecule has 32 heavy (non-hydrogen) atoms. The number of aliphatic hydroxyl groups excluding tert-OH is 1. The third-order valence-corrected chi connectivity index (χ3v) is 8.87. The largest absolute Gasteiger partial charge is 0.396 e. The highest BCUT2D eigenvalue weighted by Gasteiger charge is 2.50. The molecule has 6 heteroatoms. The van der Waals surface area contributed by atoms with E-state index in [1.54, 1.807) is 0 Å². The molecular formula is C26H42N4O2. The molecule has 1 unspecified atom stereocenters. The van der Waals surface area contributed by atoms with Crippen LogP contribution in [0.3, 0.4) is 0 Å². The number of aliphatic hydroxyl groups is 1. The first-order chi connectivity index (χ1) is 15.4. The predicted octanol–water partition coefficient (Wildman–Crippen LogP) is 4.15. The van der Waals surface area contributed by atoms with Crippen molar-refractivity contribution in [3.05, 3.63) is 17.5 Å². The lowest BCUT2D eigenvalue weighted by Crippen LogP contribution is -2.51. The van der Waals surface area contributed by atoms with Gasteiger partial charge in [-0.3, -0.25) is 14.4 Å². The van der Waals surface area contributed by atoms with Crippen LogP contribution in [0.1, 0.15) is 100 Å². The fraction of sp³-hybridized carbons (Fsp3) is 0.846. The highest BCUT2D eigenvalue weighted by Crippen LogP contribution is 2.59. The van der Waals surface area contributed by atoms with Gasteiger partial charge in [0, 0.05) is 31.8 Å². The molecule has 2 heterocycles. The number of hydrogen-bond donors (Lipinski definition) is 2. The number of nitrogens with zero attached hydrogens (tertiary/aromatic N) is 3. The van der Waals surface area contributed by atoms with Crippen LogP contribution < -0.4 is 5.32 Å². The number of nitrogens with one attached hydrogen (secondary N) is 1. The van der Waals surface area contributed by atoms with Crippen LogP contribution in [0.4, 0.5) is 0 Å². The maximum atomic E-state index is 13.3. The molecule has 2 N–H and O–H groups in total. The Morgan fingerprint density at radius 2 is 1.88 bits per heavy atom. The van der Waals surface area contributed by atoms with Crippen LogP contribution >= 0.6 is 0 Å². The molecule has 0 radical (unpaired) electrons. The number of amides is 1. The molecule has 178 valence electrons. The molecule has 1 aliphatic heterocycles. The minimum Gasteiger partial charge on any atom is -0.396 e. The van der Waals surface area contributed by atoms with Crippen LogP contribution in [-0.2, 0) is 6.54 Å². The lowest BCUT2D eigenvalue weighted by molar-refractivity contribution is -0.0503. The van der Waals surface area contributed by atoms with Crippen LogP contribution in [0.2, 0.25) is 0 Å². The monoisotopic (exact) mass is 442 g/mol. The van der Waals surface area contributed by atoms with E-state index in [4.69, 9.17) is 5.10 Å². The van der Waals surface area contributed by atoms with E-state index in [1.165, 1.54) is 51.4 Å². The Kier molecular flexibility index (Phi) is 6.36. The van der Waals surface area contributed by atoms with Crippen LogP contribution in [-0.4, -0.2) is 51.4 Å². The van der Waals surface area contributed by atoms with Crippen molar-refractivity contribution in [3.8, 4) is 0 Å². The van der Waals surface area contributed by atoms with E-state index in [2.05, 4.69) is 24.1 Å². The molecule has 1 saturated heterocycles. The number of carbonyl (C=O) groups excluding carboxylic acids is 1. The smallest absolute Gasteiger partial charge is 0.269 e. The SMILES string of the molecule is CC(C)n1nc(CN2CCCCC2CCO)cc1C(=O)NCC12CC3CC(CC(C3)C1)C2. The molecule has 4 bridgehead atoms. The minimum atomic E-state index is 0.0405. The molecule has 1 aromatic heterocycles. The van der Waals surface area contributed by atoms with E-state index < -0.39 is 0 Å². The van der Waals surface area contributed by atoms with Gasteiger partial charge in [-0.05, 0) is 107 Å². The molecule has 0 spiro atoms. The maximum absolute atomic E-state index is 13.3. The van der Waals surface area contributed by atoms with Crippen molar-refractivity contribution in [2.75, 3.05) is 19.7 Å². The van der Waals surface area contributed by atoms with Gasteiger partial charge in [0.1, 0.15) is 5.69 Å². The maximum Gasteiger partial charge on any atom is 0.269 e. The summed E-state index contributed by atoms with van der Waals surface area (Å²) < 4.78 is 1.91. The van der Waals surface area contributed by atoms with Crippen LogP contribution in [0.25, 0.3) is 0 Å². The molecule has 6 rings (SSSR count). The first-order valence-corrected chi connectivity index (χ1v) is 13.2. The predicted molar refractivity (Wildman–Crippen MR) is 125 cm³/mol. The molecule has 1 atom stereocenters. The van der Waals surface area contributed by atoms with Crippen LogP contribution in [0.15, 0.2) is 6.07 Å². The number of likely N-dealkylation sites (tertiary alicyclic amines) is 1. The van der Waals surface area contributed by atoms with Gasteiger partial charge in [-0.25, -0.2) is 0 Å². The Morgan fingerprint density at radius 3 is 2.50 bits per heavy atom. The zero-order valence-electron chi connectivity index (χ0n) is 20.1. The topological polar surface area (TPSA) is 70.4 Å². The Bertz CT molecular complexity index is 779. The molecule has 6 nitrogen and oxygen atoms in total. The fourth-order valence-corrected chi connectivity index (χ4v) is 7.90. The van der Waals surface area contributed by atoms with E-state index in [9.17, 15) is 9.90 Å². The third-order valence-electron chi connectivity index (χ3n) is 8.87. The van der Waals surface area contributed by atoms with E-state index in [0.717, 1.165) is 55.9 Å². The first kappa shape index (κ1) is 22.4. The summed E-state index contributed by atoms with van der Waals surface area (Å²) in [6.45, 7) is 7.08. The van der Waals surface area contributed by atoms with E-state index in [0.29, 0.717) is 17.2 Å². The Labute approximate surface area is 193 Å². The first-order valence-electron chi connectivity index (χ1n) is 13.2. The van der Waals surface area contributed by atoms with Crippen molar-refractivity contribution in [2.45, 2.75) is 96.7 Å². The average Bonchev–Trinajstić information content (AvgIpc) is 3.17. The lowest BCUT2D eigenvalue weighted by Gasteiger charge is -2.56. The normalized spacial score (nSPS) is 34.4. The molecule has 4 aliphatic carbocycles. The number of rotatable bonds is 8. The summed E-state index contributed by atoms with van der Waals surface area (Å²) >= 11 is 0. The zero-order valence-corrected chi connectivity index (χ0v) is 20.1. The van der Waals surface area contributed by atoms with E-state index in [1.807, 2.05) is 10.7 Å². The van der Waals surface area contributed by atoms with Gasteiger partial charge >= 0.3 is 0 Å². The summed E-state index contributed by atoms with van der Waals surface area (Å²) in [5.41, 5.74) is 2.03. The molecular weight excluding hydrogens is 400 g/mol. The van der Waals surface area contributed by atoms with Gasteiger partial charge in [0.05, 0.1) is 5.69 Å². The summed E-state index contributed by atoms with van der Waals surface area (Å²) in [4.78, 5) is 15.8. The van der Waals surface area contributed by atoms with E-state index >= 15 is 0 Å².